The minimum absolute atomic E-state index is 0. The zero-order valence-corrected chi connectivity index (χ0v) is 14.0. The SMILES string of the molecule is CCS(=O)(=O)N1Cc2ccccc2C2(CCNCC2)C1.Cl. The Morgan fingerprint density at radius 1 is 1.24 bits per heavy atom. The molecule has 0 atom stereocenters. The fraction of sp³-hybridized carbons (Fsp3) is 0.600. The van der Waals surface area contributed by atoms with E-state index in [2.05, 4.69) is 23.5 Å². The Balaban J connectivity index is 0.00000161. The van der Waals surface area contributed by atoms with Gasteiger partial charge in [0.15, 0.2) is 0 Å². The molecule has 0 amide bonds. The monoisotopic (exact) mass is 330 g/mol. The van der Waals surface area contributed by atoms with Gasteiger partial charge in [-0.1, -0.05) is 24.3 Å². The highest BCUT2D eigenvalue weighted by atomic mass is 35.5. The molecular formula is C15H23ClN2O2S. The molecule has 1 spiro atoms. The first-order chi connectivity index (χ1) is 9.57. The third-order valence-corrected chi connectivity index (χ3v) is 6.51. The predicted molar refractivity (Wildman–Crippen MR) is 87.3 cm³/mol. The van der Waals surface area contributed by atoms with Crippen molar-refractivity contribution in [2.24, 2.45) is 0 Å². The summed E-state index contributed by atoms with van der Waals surface area (Å²) in [6.07, 6.45) is 2.03. The molecule has 2 aliphatic heterocycles. The third kappa shape index (κ3) is 2.97. The molecule has 2 aliphatic rings. The van der Waals surface area contributed by atoms with Crippen LogP contribution in [-0.2, 0) is 22.0 Å². The molecule has 0 aliphatic carbocycles. The van der Waals surface area contributed by atoms with Crippen molar-refractivity contribution in [3.63, 3.8) is 0 Å². The molecule has 0 unspecified atom stereocenters. The molecule has 1 aromatic carbocycles. The van der Waals surface area contributed by atoms with Gasteiger partial charge in [-0.15, -0.1) is 12.4 Å². The van der Waals surface area contributed by atoms with Gasteiger partial charge in [-0.2, -0.15) is 4.31 Å². The number of nitrogens with one attached hydrogen (secondary N) is 1. The second-order valence-electron chi connectivity index (χ2n) is 5.86. The average molecular weight is 331 g/mol. The summed E-state index contributed by atoms with van der Waals surface area (Å²) in [7, 11) is -3.13. The zero-order chi connectivity index (χ0) is 14.2. The summed E-state index contributed by atoms with van der Waals surface area (Å²) in [5.74, 6) is 0.184. The summed E-state index contributed by atoms with van der Waals surface area (Å²) in [5.41, 5.74) is 2.55. The maximum Gasteiger partial charge on any atom is 0.214 e. The number of halogens is 1. The molecule has 1 fully saturated rings. The molecule has 1 aromatic rings. The van der Waals surface area contributed by atoms with E-state index in [1.165, 1.54) is 11.1 Å². The van der Waals surface area contributed by atoms with Crippen LogP contribution in [0, 0.1) is 0 Å². The second kappa shape index (κ2) is 6.24. The van der Waals surface area contributed by atoms with Gasteiger partial charge in [0.25, 0.3) is 0 Å². The first-order valence-electron chi connectivity index (χ1n) is 7.34. The predicted octanol–water partition coefficient (Wildman–Crippen LogP) is 1.89. The largest absolute Gasteiger partial charge is 0.317 e. The first kappa shape index (κ1) is 16.7. The van der Waals surface area contributed by atoms with Crippen molar-refractivity contribution in [1.29, 1.82) is 0 Å². The lowest BCUT2D eigenvalue weighted by Crippen LogP contribution is -2.52. The summed E-state index contributed by atoms with van der Waals surface area (Å²) < 4.78 is 26.3. The zero-order valence-electron chi connectivity index (χ0n) is 12.3. The quantitative estimate of drug-likeness (QED) is 0.901. The van der Waals surface area contributed by atoms with Gasteiger partial charge in [-0.3, -0.25) is 0 Å². The van der Waals surface area contributed by atoms with Crippen molar-refractivity contribution in [1.82, 2.24) is 9.62 Å². The number of hydrogen-bond donors (Lipinski definition) is 1. The van der Waals surface area contributed by atoms with Gasteiger partial charge in [-0.05, 0) is 44.0 Å². The number of rotatable bonds is 2. The Morgan fingerprint density at radius 2 is 1.90 bits per heavy atom. The van der Waals surface area contributed by atoms with Crippen LogP contribution in [0.2, 0.25) is 0 Å². The van der Waals surface area contributed by atoms with Gasteiger partial charge < -0.3 is 5.32 Å². The Labute approximate surface area is 133 Å². The van der Waals surface area contributed by atoms with E-state index in [0.29, 0.717) is 13.1 Å². The first-order valence-corrected chi connectivity index (χ1v) is 8.95. The number of nitrogens with zero attached hydrogens (tertiary/aromatic N) is 1. The van der Waals surface area contributed by atoms with Gasteiger partial charge >= 0.3 is 0 Å². The van der Waals surface area contributed by atoms with Crippen LogP contribution in [0.5, 0.6) is 0 Å². The van der Waals surface area contributed by atoms with E-state index in [9.17, 15) is 8.42 Å². The molecule has 0 aromatic heterocycles. The Kier molecular flexibility index (Phi) is 4.98. The Morgan fingerprint density at radius 3 is 2.57 bits per heavy atom. The topological polar surface area (TPSA) is 49.4 Å². The molecule has 2 heterocycles. The van der Waals surface area contributed by atoms with Crippen LogP contribution in [0.25, 0.3) is 0 Å². The number of sulfonamides is 1. The normalized spacial score (nSPS) is 21.6. The number of hydrogen-bond acceptors (Lipinski definition) is 3. The standard InChI is InChI=1S/C15H22N2O2S.ClH/c1-2-20(18,19)17-11-13-5-3-4-6-14(13)15(12-17)7-9-16-10-8-15;/h3-6,16H,2,7-12H2,1H3;1H. The molecule has 0 radical (unpaired) electrons. The summed E-state index contributed by atoms with van der Waals surface area (Å²) in [4.78, 5) is 0. The highest BCUT2D eigenvalue weighted by Crippen LogP contribution is 2.41. The molecule has 1 N–H and O–H groups in total. The summed E-state index contributed by atoms with van der Waals surface area (Å²) in [6.45, 7) is 4.83. The highest BCUT2D eigenvalue weighted by molar-refractivity contribution is 7.89. The van der Waals surface area contributed by atoms with Crippen molar-refractivity contribution >= 4 is 22.4 Å². The fourth-order valence-corrected chi connectivity index (χ4v) is 4.70. The van der Waals surface area contributed by atoms with Crippen LogP contribution in [0.1, 0.15) is 30.9 Å². The van der Waals surface area contributed by atoms with Gasteiger partial charge in [0, 0.05) is 18.5 Å². The van der Waals surface area contributed by atoms with Gasteiger partial charge in [0.1, 0.15) is 0 Å². The van der Waals surface area contributed by atoms with E-state index in [0.717, 1.165) is 25.9 Å². The molecule has 6 heteroatoms. The number of fused-ring (bicyclic) bond motifs is 2. The molecule has 1 saturated heterocycles. The van der Waals surface area contributed by atoms with E-state index in [-0.39, 0.29) is 23.6 Å². The van der Waals surface area contributed by atoms with E-state index in [1.54, 1.807) is 11.2 Å². The maximum atomic E-state index is 12.3. The molecule has 0 bridgehead atoms. The molecule has 118 valence electrons. The van der Waals surface area contributed by atoms with E-state index in [1.807, 2.05) is 6.07 Å². The highest BCUT2D eigenvalue weighted by Gasteiger charge is 2.42. The maximum absolute atomic E-state index is 12.3. The van der Waals surface area contributed by atoms with Crippen LogP contribution in [0.15, 0.2) is 24.3 Å². The lowest BCUT2D eigenvalue weighted by Gasteiger charge is -2.46. The smallest absolute Gasteiger partial charge is 0.214 e. The van der Waals surface area contributed by atoms with Gasteiger partial charge in [-0.25, -0.2) is 8.42 Å². The minimum atomic E-state index is -3.13. The van der Waals surface area contributed by atoms with Crippen molar-refractivity contribution < 1.29 is 8.42 Å². The van der Waals surface area contributed by atoms with Crippen molar-refractivity contribution in [2.45, 2.75) is 31.7 Å². The molecular weight excluding hydrogens is 308 g/mol. The second-order valence-corrected chi connectivity index (χ2v) is 8.11. The van der Waals surface area contributed by atoms with Gasteiger partial charge in [0.2, 0.25) is 10.0 Å². The lowest BCUT2D eigenvalue weighted by atomic mass is 9.70. The molecule has 0 saturated carbocycles. The number of benzene rings is 1. The van der Waals surface area contributed by atoms with Crippen LogP contribution in [-0.4, -0.2) is 38.1 Å². The Bertz CT molecular complexity index is 597. The van der Waals surface area contributed by atoms with Crippen LogP contribution < -0.4 is 5.32 Å². The lowest BCUT2D eigenvalue weighted by molar-refractivity contribution is 0.215. The summed E-state index contributed by atoms with van der Waals surface area (Å²) >= 11 is 0. The molecule has 4 nitrogen and oxygen atoms in total. The van der Waals surface area contributed by atoms with Crippen LogP contribution in [0.4, 0.5) is 0 Å². The average Bonchev–Trinajstić information content (AvgIpc) is 2.48. The molecule has 21 heavy (non-hydrogen) atoms. The Hall–Kier alpha value is -0.620. The molecule has 3 rings (SSSR count). The van der Waals surface area contributed by atoms with E-state index < -0.39 is 10.0 Å². The van der Waals surface area contributed by atoms with Gasteiger partial charge in [0.05, 0.1) is 5.75 Å². The van der Waals surface area contributed by atoms with Crippen molar-refractivity contribution in [3.05, 3.63) is 35.4 Å². The van der Waals surface area contributed by atoms with E-state index in [4.69, 9.17) is 0 Å². The van der Waals surface area contributed by atoms with Crippen molar-refractivity contribution in [2.75, 3.05) is 25.4 Å². The van der Waals surface area contributed by atoms with E-state index >= 15 is 0 Å². The third-order valence-electron chi connectivity index (χ3n) is 4.73. The minimum Gasteiger partial charge on any atom is -0.317 e. The summed E-state index contributed by atoms with van der Waals surface area (Å²) in [6, 6.07) is 8.36. The summed E-state index contributed by atoms with van der Waals surface area (Å²) in [5, 5.41) is 3.39. The van der Waals surface area contributed by atoms with Crippen LogP contribution >= 0.6 is 12.4 Å². The van der Waals surface area contributed by atoms with Crippen LogP contribution in [0.3, 0.4) is 0 Å². The fourth-order valence-electron chi connectivity index (χ4n) is 3.56. The number of piperidine rings is 1. The van der Waals surface area contributed by atoms with Crippen molar-refractivity contribution in [3.8, 4) is 0 Å².